The van der Waals surface area contributed by atoms with E-state index < -0.39 is 0 Å². The van der Waals surface area contributed by atoms with E-state index in [4.69, 9.17) is 17.3 Å². The second kappa shape index (κ2) is 5.30. The third-order valence-electron chi connectivity index (χ3n) is 2.85. The molecule has 1 heterocycles. The molecule has 0 bridgehead atoms. The fourth-order valence-corrected chi connectivity index (χ4v) is 1.97. The first-order chi connectivity index (χ1) is 8.16. The molecule has 0 aliphatic carbocycles. The van der Waals surface area contributed by atoms with Crippen LogP contribution in [0.2, 0.25) is 5.02 Å². The molecule has 0 saturated heterocycles. The molecule has 2 rings (SSSR count). The van der Waals surface area contributed by atoms with Gasteiger partial charge in [-0.2, -0.15) is 0 Å². The van der Waals surface area contributed by atoms with E-state index in [-0.39, 0.29) is 6.04 Å². The summed E-state index contributed by atoms with van der Waals surface area (Å²) >= 11 is 5.85. The molecular formula is C14H15ClN2. The molecule has 0 saturated carbocycles. The summed E-state index contributed by atoms with van der Waals surface area (Å²) in [5, 5.41) is 0.750. The van der Waals surface area contributed by atoms with Crippen LogP contribution in [0.15, 0.2) is 42.7 Å². The Morgan fingerprint density at radius 1 is 1.24 bits per heavy atom. The summed E-state index contributed by atoms with van der Waals surface area (Å²) in [5.74, 6) is 0. The van der Waals surface area contributed by atoms with Gasteiger partial charge in [-0.15, -0.1) is 0 Å². The molecule has 1 aromatic carbocycles. The fourth-order valence-electron chi connectivity index (χ4n) is 1.85. The van der Waals surface area contributed by atoms with E-state index >= 15 is 0 Å². The van der Waals surface area contributed by atoms with Crippen LogP contribution in [0.5, 0.6) is 0 Å². The van der Waals surface area contributed by atoms with Gasteiger partial charge in [0.15, 0.2) is 0 Å². The summed E-state index contributed by atoms with van der Waals surface area (Å²) in [4.78, 5) is 4.12. The van der Waals surface area contributed by atoms with Gasteiger partial charge in [-0.25, -0.2) is 0 Å². The predicted octanol–water partition coefficient (Wildman–Crippen LogP) is 3.29. The zero-order valence-electron chi connectivity index (χ0n) is 9.73. The number of benzene rings is 1. The highest BCUT2D eigenvalue weighted by atomic mass is 35.5. The zero-order chi connectivity index (χ0) is 12.3. The van der Waals surface area contributed by atoms with Gasteiger partial charge in [0, 0.05) is 23.5 Å². The van der Waals surface area contributed by atoms with Crippen molar-refractivity contribution >= 4 is 11.6 Å². The van der Waals surface area contributed by atoms with Gasteiger partial charge in [0.05, 0.1) is 0 Å². The second-order valence-corrected chi connectivity index (χ2v) is 4.61. The van der Waals surface area contributed by atoms with Crippen molar-refractivity contribution < 1.29 is 0 Å². The number of aromatic nitrogens is 1. The Labute approximate surface area is 106 Å². The maximum Gasteiger partial charge on any atom is 0.0406 e. The number of rotatable bonds is 3. The summed E-state index contributed by atoms with van der Waals surface area (Å²) in [7, 11) is 0. The van der Waals surface area contributed by atoms with E-state index in [9.17, 15) is 0 Å². The van der Waals surface area contributed by atoms with E-state index in [0.717, 1.165) is 17.0 Å². The van der Waals surface area contributed by atoms with Crippen molar-refractivity contribution in [2.24, 2.45) is 5.73 Å². The molecule has 88 valence electrons. The van der Waals surface area contributed by atoms with Crippen LogP contribution in [0.1, 0.15) is 22.7 Å². The third-order valence-corrected chi connectivity index (χ3v) is 3.10. The van der Waals surface area contributed by atoms with Gasteiger partial charge in [-0.05, 0) is 48.2 Å². The molecule has 0 radical (unpaired) electrons. The van der Waals surface area contributed by atoms with Gasteiger partial charge in [0.25, 0.3) is 0 Å². The first-order valence-corrected chi connectivity index (χ1v) is 5.95. The Kier molecular flexibility index (Phi) is 3.77. The van der Waals surface area contributed by atoms with Crippen LogP contribution in [0.4, 0.5) is 0 Å². The van der Waals surface area contributed by atoms with Gasteiger partial charge in [0.2, 0.25) is 0 Å². The maximum absolute atomic E-state index is 6.19. The van der Waals surface area contributed by atoms with Crippen LogP contribution in [0.3, 0.4) is 0 Å². The number of hydrogen-bond acceptors (Lipinski definition) is 2. The molecule has 0 fully saturated rings. The molecule has 3 heteroatoms. The lowest BCUT2D eigenvalue weighted by atomic mass is 9.98. The van der Waals surface area contributed by atoms with Crippen LogP contribution < -0.4 is 5.73 Å². The minimum absolute atomic E-state index is 0.0233. The average molecular weight is 247 g/mol. The molecule has 0 aliphatic heterocycles. The minimum atomic E-state index is -0.0233. The Morgan fingerprint density at radius 3 is 2.59 bits per heavy atom. The molecule has 0 amide bonds. The molecule has 1 aromatic heterocycles. The number of nitrogens with two attached hydrogens (primary N) is 1. The Hall–Kier alpha value is -1.38. The molecule has 17 heavy (non-hydrogen) atoms. The summed E-state index contributed by atoms with van der Waals surface area (Å²) in [5.41, 5.74) is 9.66. The summed E-state index contributed by atoms with van der Waals surface area (Å²) in [6.07, 6.45) is 4.42. The van der Waals surface area contributed by atoms with E-state index in [1.807, 2.05) is 36.5 Å². The standard InChI is InChI=1S/C14H15ClN2/c1-10-6-7-17-9-13(10)14(16)8-11-2-4-12(15)5-3-11/h2-7,9,14H,8,16H2,1H3. The quantitative estimate of drug-likeness (QED) is 0.903. The van der Waals surface area contributed by atoms with Crippen molar-refractivity contribution in [3.63, 3.8) is 0 Å². The second-order valence-electron chi connectivity index (χ2n) is 4.17. The van der Waals surface area contributed by atoms with E-state index in [1.54, 1.807) is 6.20 Å². The van der Waals surface area contributed by atoms with Gasteiger partial charge in [0.1, 0.15) is 0 Å². The van der Waals surface area contributed by atoms with Crippen LogP contribution in [0.25, 0.3) is 0 Å². The molecule has 2 aromatic rings. The SMILES string of the molecule is Cc1ccncc1C(N)Cc1ccc(Cl)cc1. The number of hydrogen-bond donors (Lipinski definition) is 1. The number of halogens is 1. The lowest BCUT2D eigenvalue weighted by Crippen LogP contribution is -2.14. The Balaban J connectivity index is 2.14. The lowest BCUT2D eigenvalue weighted by Gasteiger charge is -2.14. The van der Waals surface area contributed by atoms with Crippen LogP contribution in [-0.4, -0.2) is 4.98 Å². The average Bonchev–Trinajstić information content (AvgIpc) is 2.32. The molecule has 2 N–H and O–H groups in total. The largest absolute Gasteiger partial charge is 0.324 e. The van der Waals surface area contributed by atoms with Crippen molar-refractivity contribution in [3.05, 3.63) is 64.4 Å². The first-order valence-electron chi connectivity index (χ1n) is 5.57. The summed E-state index contributed by atoms with van der Waals surface area (Å²) in [6.45, 7) is 2.05. The molecule has 1 atom stereocenters. The van der Waals surface area contributed by atoms with Crippen molar-refractivity contribution in [1.29, 1.82) is 0 Å². The molecular weight excluding hydrogens is 232 g/mol. The van der Waals surface area contributed by atoms with Crippen molar-refractivity contribution in [2.45, 2.75) is 19.4 Å². The number of pyridine rings is 1. The highest BCUT2D eigenvalue weighted by Gasteiger charge is 2.09. The van der Waals surface area contributed by atoms with Crippen molar-refractivity contribution in [1.82, 2.24) is 4.98 Å². The summed E-state index contributed by atoms with van der Waals surface area (Å²) < 4.78 is 0. The molecule has 1 unspecified atom stereocenters. The number of aryl methyl sites for hydroxylation is 1. The van der Waals surface area contributed by atoms with E-state index in [1.165, 1.54) is 11.1 Å². The molecule has 0 spiro atoms. The smallest absolute Gasteiger partial charge is 0.0406 e. The van der Waals surface area contributed by atoms with Crippen LogP contribution in [-0.2, 0) is 6.42 Å². The fraction of sp³-hybridized carbons (Fsp3) is 0.214. The van der Waals surface area contributed by atoms with Gasteiger partial charge >= 0.3 is 0 Å². The van der Waals surface area contributed by atoms with Crippen molar-refractivity contribution in [3.8, 4) is 0 Å². The first kappa shape index (κ1) is 12.1. The monoisotopic (exact) mass is 246 g/mol. The normalized spacial score (nSPS) is 12.4. The van der Waals surface area contributed by atoms with Crippen LogP contribution in [0, 0.1) is 6.92 Å². The molecule has 2 nitrogen and oxygen atoms in total. The lowest BCUT2D eigenvalue weighted by molar-refractivity contribution is 0.712. The highest BCUT2D eigenvalue weighted by molar-refractivity contribution is 6.30. The zero-order valence-corrected chi connectivity index (χ0v) is 10.5. The minimum Gasteiger partial charge on any atom is -0.324 e. The highest BCUT2D eigenvalue weighted by Crippen LogP contribution is 2.19. The van der Waals surface area contributed by atoms with E-state index in [2.05, 4.69) is 11.9 Å². The summed E-state index contributed by atoms with van der Waals surface area (Å²) in [6, 6.07) is 9.75. The topological polar surface area (TPSA) is 38.9 Å². The number of nitrogens with zero attached hydrogens (tertiary/aromatic N) is 1. The van der Waals surface area contributed by atoms with Crippen molar-refractivity contribution in [2.75, 3.05) is 0 Å². The van der Waals surface area contributed by atoms with Gasteiger partial charge < -0.3 is 5.73 Å². The van der Waals surface area contributed by atoms with Gasteiger partial charge in [-0.3, -0.25) is 4.98 Å². The predicted molar refractivity (Wildman–Crippen MR) is 71.1 cm³/mol. The molecule has 0 aliphatic rings. The Morgan fingerprint density at radius 2 is 1.94 bits per heavy atom. The Bertz CT molecular complexity index is 494. The van der Waals surface area contributed by atoms with Gasteiger partial charge in [-0.1, -0.05) is 23.7 Å². The maximum atomic E-state index is 6.19. The van der Waals surface area contributed by atoms with E-state index in [0.29, 0.717) is 0 Å². The third kappa shape index (κ3) is 3.05. The van der Waals surface area contributed by atoms with Crippen LogP contribution >= 0.6 is 11.6 Å².